The summed E-state index contributed by atoms with van der Waals surface area (Å²) in [7, 11) is 0. The molecule has 1 fully saturated rings. The molecule has 2 rings (SSSR count). The molecular formula is C12H21N5S. The summed E-state index contributed by atoms with van der Waals surface area (Å²) in [5.74, 6) is 8.59. The average molecular weight is 267 g/mol. The van der Waals surface area contributed by atoms with Crippen LogP contribution in [0.4, 0.5) is 11.6 Å². The maximum atomic E-state index is 5.45. The highest BCUT2D eigenvalue weighted by Crippen LogP contribution is 2.27. The first-order valence-corrected chi connectivity index (χ1v) is 7.51. The molecule has 1 aromatic rings. The first-order chi connectivity index (χ1) is 8.63. The highest BCUT2D eigenvalue weighted by molar-refractivity contribution is 7.98. The van der Waals surface area contributed by atoms with E-state index < -0.39 is 0 Å². The molecule has 2 atom stereocenters. The standard InChI is InChI=1S/C12H21N5S/c1-8-4-5-17(7-9(8)2)11-6-10(16-13)14-12(15-11)18-3/h6,8-9H,4-5,7,13H2,1-3H3,(H,14,15,16). The fourth-order valence-electron chi connectivity index (χ4n) is 2.21. The normalized spacial score (nSPS) is 24.1. The molecule has 18 heavy (non-hydrogen) atoms. The maximum Gasteiger partial charge on any atom is 0.191 e. The van der Waals surface area contributed by atoms with E-state index >= 15 is 0 Å². The van der Waals surface area contributed by atoms with Gasteiger partial charge in [-0.2, -0.15) is 0 Å². The van der Waals surface area contributed by atoms with Crippen LogP contribution in [0.5, 0.6) is 0 Å². The Morgan fingerprint density at radius 1 is 1.39 bits per heavy atom. The van der Waals surface area contributed by atoms with Crippen LogP contribution in [-0.4, -0.2) is 29.3 Å². The van der Waals surface area contributed by atoms with E-state index in [1.165, 1.54) is 18.2 Å². The Morgan fingerprint density at radius 3 is 2.78 bits per heavy atom. The van der Waals surface area contributed by atoms with Crippen molar-refractivity contribution in [3.63, 3.8) is 0 Å². The molecule has 0 radical (unpaired) electrons. The van der Waals surface area contributed by atoms with Crippen molar-refractivity contribution in [2.75, 3.05) is 29.7 Å². The molecule has 2 heterocycles. The Balaban J connectivity index is 2.22. The SMILES string of the molecule is CSc1nc(NN)cc(N2CCC(C)C(C)C2)n1. The molecule has 6 heteroatoms. The number of rotatable bonds is 3. The summed E-state index contributed by atoms with van der Waals surface area (Å²) in [6, 6.07) is 1.92. The summed E-state index contributed by atoms with van der Waals surface area (Å²) in [5.41, 5.74) is 2.61. The van der Waals surface area contributed by atoms with E-state index in [4.69, 9.17) is 5.84 Å². The highest BCUT2D eigenvalue weighted by Gasteiger charge is 2.24. The van der Waals surface area contributed by atoms with Crippen LogP contribution < -0.4 is 16.2 Å². The number of nitrogens with zero attached hydrogens (tertiary/aromatic N) is 3. The second kappa shape index (κ2) is 5.75. The van der Waals surface area contributed by atoms with Crippen LogP contribution >= 0.6 is 11.8 Å². The zero-order valence-electron chi connectivity index (χ0n) is 11.2. The van der Waals surface area contributed by atoms with Gasteiger partial charge in [0.25, 0.3) is 0 Å². The lowest BCUT2D eigenvalue weighted by Gasteiger charge is -2.36. The van der Waals surface area contributed by atoms with Crippen LogP contribution in [0, 0.1) is 11.8 Å². The minimum atomic E-state index is 0.677. The highest BCUT2D eigenvalue weighted by atomic mass is 32.2. The quantitative estimate of drug-likeness (QED) is 0.378. The van der Waals surface area contributed by atoms with Gasteiger partial charge in [0.2, 0.25) is 0 Å². The van der Waals surface area contributed by atoms with Crippen molar-refractivity contribution in [2.45, 2.75) is 25.4 Å². The lowest BCUT2D eigenvalue weighted by atomic mass is 9.89. The van der Waals surface area contributed by atoms with Crippen LogP contribution in [0.3, 0.4) is 0 Å². The van der Waals surface area contributed by atoms with Gasteiger partial charge < -0.3 is 10.3 Å². The van der Waals surface area contributed by atoms with Crippen molar-refractivity contribution in [1.82, 2.24) is 9.97 Å². The Kier molecular flexibility index (Phi) is 4.29. The molecule has 100 valence electrons. The summed E-state index contributed by atoms with van der Waals surface area (Å²) < 4.78 is 0. The molecule has 1 aliphatic rings. The summed E-state index contributed by atoms with van der Waals surface area (Å²) in [6.45, 7) is 6.73. The molecule has 2 unspecified atom stereocenters. The molecule has 5 nitrogen and oxygen atoms in total. The van der Waals surface area contributed by atoms with Crippen molar-refractivity contribution in [2.24, 2.45) is 17.7 Å². The van der Waals surface area contributed by atoms with Crippen molar-refractivity contribution in [3.05, 3.63) is 6.07 Å². The smallest absolute Gasteiger partial charge is 0.191 e. The van der Waals surface area contributed by atoms with E-state index in [0.717, 1.165) is 30.0 Å². The molecule has 0 saturated carbocycles. The minimum Gasteiger partial charge on any atom is -0.356 e. The Bertz CT molecular complexity index is 389. The Morgan fingerprint density at radius 2 is 2.17 bits per heavy atom. The number of thioether (sulfide) groups is 1. The second-order valence-electron chi connectivity index (χ2n) is 4.93. The zero-order chi connectivity index (χ0) is 13.1. The molecule has 0 bridgehead atoms. The van der Waals surface area contributed by atoms with E-state index in [9.17, 15) is 0 Å². The summed E-state index contributed by atoms with van der Waals surface area (Å²) in [6.07, 6.45) is 3.19. The van der Waals surface area contributed by atoms with E-state index in [-0.39, 0.29) is 0 Å². The fraction of sp³-hybridized carbons (Fsp3) is 0.667. The van der Waals surface area contributed by atoms with Crippen LogP contribution in [-0.2, 0) is 0 Å². The number of nitrogen functional groups attached to an aromatic ring is 1. The predicted octanol–water partition coefficient (Wildman–Crippen LogP) is 1.97. The number of piperidine rings is 1. The Hall–Kier alpha value is -1.01. The lowest BCUT2D eigenvalue weighted by molar-refractivity contribution is 0.322. The molecule has 0 amide bonds. The van der Waals surface area contributed by atoms with Gasteiger partial charge in [0, 0.05) is 19.2 Å². The van der Waals surface area contributed by atoms with Gasteiger partial charge in [0.05, 0.1) is 0 Å². The number of hydrogen-bond donors (Lipinski definition) is 2. The minimum absolute atomic E-state index is 0.677. The van der Waals surface area contributed by atoms with Gasteiger partial charge in [0.15, 0.2) is 5.16 Å². The second-order valence-corrected chi connectivity index (χ2v) is 5.71. The molecule has 1 saturated heterocycles. The van der Waals surface area contributed by atoms with Crippen LogP contribution in [0.25, 0.3) is 0 Å². The number of hydrazine groups is 1. The molecule has 0 spiro atoms. The van der Waals surface area contributed by atoms with Gasteiger partial charge in [-0.15, -0.1) is 0 Å². The van der Waals surface area contributed by atoms with Gasteiger partial charge >= 0.3 is 0 Å². The van der Waals surface area contributed by atoms with E-state index in [1.54, 1.807) is 0 Å². The predicted molar refractivity (Wildman–Crippen MR) is 76.8 cm³/mol. The van der Waals surface area contributed by atoms with Gasteiger partial charge in [-0.1, -0.05) is 25.6 Å². The van der Waals surface area contributed by atoms with Gasteiger partial charge in [-0.25, -0.2) is 15.8 Å². The van der Waals surface area contributed by atoms with Crippen LogP contribution in [0.15, 0.2) is 11.2 Å². The molecular weight excluding hydrogens is 246 g/mol. The topological polar surface area (TPSA) is 67.1 Å². The van der Waals surface area contributed by atoms with Crippen LogP contribution in [0.1, 0.15) is 20.3 Å². The molecule has 0 aromatic carbocycles. The van der Waals surface area contributed by atoms with E-state index in [2.05, 4.69) is 34.1 Å². The van der Waals surface area contributed by atoms with Gasteiger partial charge in [-0.3, -0.25) is 0 Å². The van der Waals surface area contributed by atoms with E-state index in [1.807, 2.05) is 12.3 Å². The molecule has 3 N–H and O–H groups in total. The first kappa shape index (κ1) is 13.4. The van der Waals surface area contributed by atoms with Gasteiger partial charge in [0.1, 0.15) is 11.6 Å². The maximum absolute atomic E-state index is 5.45. The number of nitrogens with one attached hydrogen (secondary N) is 1. The number of nitrogens with two attached hydrogens (primary N) is 1. The van der Waals surface area contributed by atoms with Crippen molar-refractivity contribution >= 4 is 23.4 Å². The molecule has 1 aromatic heterocycles. The number of hydrogen-bond acceptors (Lipinski definition) is 6. The van der Waals surface area contributed by atoms with Gasteiger partial charge in [-0.05, 0) is 24.5 Å². The van der Waals surface area contributed by atoms with Crippen LogP contribution in [0.2, 0.25) is 0 Å². The fourth-order valence-corrected chi connectivity index (χ4v) is 2.59. The van der Waals surface area contributed by atoms with E-state index in [0.29, 0.717) is 11.7 Å². The summed E-state index contributed by atoms with van der Waals surface area (Å²) >= 11 is 1.53. The third-order valence-corrected chi connectivity index (χ3v) is 4.23. The summed E-state index contributed by atoms with van der Waals surface area (Å²) in [5, 5.41) is 0.756. The van der Waals surface area contributed by atoms with Crippen molar-refractivity contribution < 1.29 is 0 Å². The largest absolute Gasteiger partial charge is 0.356 e. The molecule has 0 aliphatic carbocycles. The third kappa shape index (κ3) is 2.87. The average Bonchev–Trinajstić information content (AvgIpc) is 2.41. The zero-order valence-corrected chi connectivity index (χ0v) is 12.0. The third-order valence-electron chi connectivity index (χ3n) is 3.68. The monoisotopic (exact) mass is 267 g/mol. The first-order valence-electron chi connectivity index (χ1n) is 6.28. The lowest BCUT2D eigenvalue weighted by Crippen LogP contribution is -2.39. The molecule has 1 aliphatic heterocycles. The van der Waals surface area contributed by atoms with Crippen molar-refractivity contribution in [3.8, 4) is 0 Å². The number of aromatic nitrogens is 2. The van der Waals surface area contributed by atoms with Crippen molar-refractivity contribution in [1.29, 1.82) is 0 Å². The summed E-state index contributed by atoms with van der Waals surface area (Å²) in [4.78, 5) is 11.2. The Labute approximate surface area is 113 Å². The number of anilines is 2.